The molecular formula is C15H16BrN3. The zero-order chi connectivity index (χ0) is 13.6. The molecular weight excluding hydrogens is 302 g/mol. The van der Waals surface area contributed by atoms with Crippen LogP contribution < -0.4 is 0 Å². The van der Waals surface area contributed by atoms with Crippen molar-refractivity contribution in [3.05, 3.63) is 28.5 Å². The summed E-state index contributed by atoms with van der Waals surface area (Å²) in [7, 11) is 0. The Morgan fingerprint density at radius 2 is 2.21 bits per heavy atom. The molecule has 0 saturated heterocycles. The van der Waals surface area contributed by atoms with Gasteiger partial charge in [-0.25, -0.2) is 4.98 Å². The summed E-state index contributed by atoms with van der Waals surface area (Å²) < 4.78 is 3.38. The molecule has 0 radical (unpaired) electrons. The lowest BCUT2D eigenvalue weighted by Gasteiger charge is -2.15. The van der Waals surface area contributed by atoms with Crippen molar-refractivity contribution in [3.63, 3.8) is 0 Å². The number of nitrogens with zero attached hydrogens (tertiary/aromatic N) is 3. The number of imidazole rings is 1. The number of nitriles is 1. The lowest BCUT2D eigenvalue weighted by molar-refractivity contribution is 0.466. The van der Waals surface area contributed by atoms with Crippen LogP contribution in [0.15, 0.2) is 22.7 Å². The van der Waals surface area contributed by atoms with E-state index in [1.807, 2.05) is 13.8 Å². The van der Waals surface area contributed by atoms with E-state index < -0.39 is 0 Å². The molecule has 1 fully saturated rings. The molecule has 1 aliphatic carbocycles. The Balaban J connectivity index is 2.13. The molecule has 0 bridgehead atoms. The van der Waals surface area contributed by atoms with Crippen LogP contribution in [0.2, 0.25) is 0 Å². The van der Waals surface area contributed by atoms with Gasteiger partial charge in [0.2, 0.25) is 0 Å². The summed E-state index contributed by atoms with van der Waals surface area (Å²) in [6, 6.07) is 9.18. The first kappa shape index (κ1) is 12.7. The van der Waals surface area contributed by atoms with Crippen LogP contribution in [-0.4, -0.2) is 9.55 Å². The molecule has 0 atom stereocenters. The van der Waals surface area contributed by atoms with Gasteiger partial charge in [-0.15, -0.1) is 0 Å². The normalized spacial score (nSPS) is 15.7. The number of benzene rings is 1. The molecule has 0 aliphatic heterocycles. The van der Waals surface area contributed by atoms with E-state index in [2.05, 4.69) is 44.8 Å². The lowest BCUT2D eigenvalue weighted by Crippen LogP contribution is -2.15. The molecule has 98 valence electrons. The highest BCUT2D eigenvalue weighted by Crippen LogP contribution is 2.40. The van der Waals surface area contributed by atoms with Crippen LogP contribution in [0.5, 0.6) is 0 Å². The molecule has 4 heteroatoms. The van der Waals surface area contributed by atoms with Crippen molar-refractivity contribution >= 4 is 27.0 Å². The van der Waals surface area contributed by atoms with Gasteiger partial charge in [-0.3, -0.25) is 0 Å². The molecule has 19 heavy (non-hydrogen) atoms. The maximum atomic E-state index is 9.22. The quantitative estimate of drug-likeness (QED) is 0.850. The van der Waals surface area contributed by atoms with Crippen LogP contribution in [0.4, 0.5) is 0 Å². The van der Waals surface area contributed by atoms with Crippen LogP contribution >= 0.6 is 15.9 Å². The predicted molar refractivity (Wildman–Crippen MR) is 78.8 cm³/mol. The van der Waals surface area contributed by atoms with Crippen molar-refractivity contribution in [1.82, 2.24) is 9.55 Å². The van der Waals surface area contributed by atoms with E-state index in [1.165, 1.54) is 18.4 Å². The summed E-state index contributed by atoms with van der Waals surface area (Å²) in [6.07, 6.45) is 3.15. The Kier molecular flexibility index (Phi) is 2.90. The van der Waals surface area contributed by atoms with E-state index in [0.717, 1.165) is 15.8 Å². The van der Waals surface area contributed by atoms with Crippen molar-refractivity contribution in [1.29, 1.82) is 5.26 Å². The Hall–Kier alpha value is -1.34. The second-order valence-electron chi connectivity index (χ2n) is 5.93. The monoisotopic (exact) mass is 317 g/mol. The second kappa shape index (κ2) is 4.35. The van der Waals surface area contributed by atoms with Gasteiger partial charge in [-0.05, 0) is 44.9 Å². The largest absolute Gasteiger partial charge is 0.325 e. The molecule has 0 N–H and O–H groups in total. The van der Waals surface area contributed by atoms with Crippen LogP contribution in [-0.2, 0) is 6.42 Å². The third-order valence-corrected chi connectivity index (χ3v) is 4.03. The molecule has 2 aromatic rings. The third-order valence-electron chi connectivity index (χ3n) is 3.54. The maximum Gasteiger partial charge on any atom is 0.111 e. The zero-order valence-corrected chi connectivity index (χ0v) is 12.7. The standard InChI is InChI=1S/C15H16BrN3/c1-15(2,9-17)8-14-18-12-7-10(16)3-6-13(12)19(14)11-4-5-11/h3,6-7,11H,4-5,8H2,1-2H3. The van der Waals surface area contributed by atoms with Gasteiger partial charge >= 0.3 is 0 Å². The highest BCUT2D eigenvalue weighted by atomic mass is 79.9. The van der Waals surface area contributed by atoms with Crippen molar-refractivity contribution in [2.75, 3.05) is 0 Å². The Bertz CT molecular complexity index is 674. The average Bonchev–Trinajstić information content (AvgIpc) is 3.11. The highest BCUT2D eigenvalue weighted by molar-refractivity contribution is 9.10. The van der Waals surface area contributed by atoms with Crippen LogP contribution in [0.1, 0.15) is 38.6 Å². The molecule has 1 aliphatic rings. The first-order valence-electron chi connectivity index (χ1n) is 6.58. The Labute approximate surface area is 121 Å². The second-order valence-corrected chi connectivity index (χ2v) is 6.85. The minimum Gasteiger partial charge on any atom is -0.325 e. The van der Waals surface area contributed by atoms with Crippen molar-refractivity contribution < 1.29 is 0 Å². The van der Waals surface area contributed by atoms with Gasteiger partial charge in [0, 0.05) is 16.9 Å². The van der Waals surface area contributed by atoms with Crippen molar-refractivity contribution in [2.24, 2.45) is 5.41 Å². The van der Waals surface area contributed by atoms with E-state index in [-0.39, 0.29) is 5.41 Å². The predicted octanol–water partition coefficient (Wildman–Crippen LogP) is 4.23. The molecule has 0 unspecified atom stereocenters. The number of hydrogen-bond donors (Lipinski definition) is 0. The van der Waals surface area contributed by atoms with Gasteiger partial charge in [-0.2, -0.15) is 5.26 Å². The first-order chi connectivity index (χ1) is 9.00. The lowest BCUT2D eigenvalue weighted by atomic mass is 9.91. The van der Waals surface area contributed by atoms with Gasteiger partial charge in [0.05, 0.1) is 22.5 Å². The molecule has 3 rings (SSSR count). The highest BCUT2D eigenvalue weighted by Gasteiger charge is 2.30. The Morgan fingerprint density at radius 3 is 2.84 bits per heavy atom. The smallest absolute Gasteiger partial charge is 0.111 e. The van der Waals surface area contributed by atoms with Crippen molar-refractivity contribution in [2.45, 2.75) is 39.2 Å². The maximum absolute atomic E-state index is 9.22. The SMILES string of the molecule is CC(C)(C#N)Cc1nc2cc(Br)ccc2n1C1CC1. The summed E-state index contributed by atoms with van der Waals surface area (Å²) in [5.74, 6) is 1.04. The molecule has 1 aromatic heterocycles. The van der Waals surface area contributed by atoms with Gasteiger partial charge in [0.25, 0.3) is 0 Å². The molecule has 1 aromatic carbocycles. The summed E-state index contributed by atoms with van der Waals surface area (Å²) in [6.45, 7) is 3.94. The van der Waals surface area contributed by atoms with E-state index in [1.54, 1.807) is 0 Å². The zero-order valence-electron chi connectivity index (χ0n) is 11.2. The number of aromatic nitrogens is 2. The van der Waals surface area contributed by atoms with Crippen LogP contribution in [0.25, 0.3) is 11.0 Å². The fourth-order valence-corrected chi connectivity index (χ4v) is 2.77. The topological polar surface area (TPSA) is 41.6 Å². The first-order valence-corrected chi connectivity index (χ1v) is 7.37. The molecule has 1 heterocycles. The Morgan fingerprint density at radius 1 is 1.47 bits per heavy atom. The summed E-state index contributed by atoms with van der Waals surface area (Å²) in [4.78, 5) is 4.75. The van der Waals surface area contributed by atoms with Gasteiger partial charge in [0.15, 0.2) is 0 Å². The summed E-state index contributed by atoms with van der Waals surface area (Å²) >= 11 is 3.49. The van der Waals surface area contributed by atoms with Crippen LogP contribution in [0.3, 0.4) is 0 Å². The molecule has 3 nitrogen and oxygen atoms in total. The third kappa shape index (κ3) is 2.40. The van der Waals surface area contributed by atoms with Gasteiger partial charge in [0.1, 0.15) is 5.82 Å². The van der Waals surface area contributed by atoms with E-state index in [9.17, 15) is 5.26 Å². The minimum absolute atomic E-state index is 0.370. The summed E-state index contributed by atoms with van der Waals surface area (Å²) in [5.41, 5.74) is 1.84. The average molecular weight is 318 g/mol. The fourth-order valence-electron chi connectivity index (χ4n) is 2.42. The summed E-state index contributed by atoms with van der Waals surface area (Å²) in [5, 5.41) is 9.22. The van der Waals surface area contributed by atoms with E-state index >= 15 is 0 Å². The molecule has 0 spiro atoms. The molecule has 1 saturated carbocycles. The minimum atomic E-state index is -0.370. The molecule has 0 amide bonds. The fraction of sp³-hybridized carbons (Fsp3) is 0.467. The van der Waals surface area contributed by atoms with Gasteiger partial charge in [-0.1, -0.05) is 15.9 Å². The number of fused-ring (bicyclic) bond motifs is 1. The number of rotatable bonds is 3. The van der Waals surface area contributed by atoms with Crippen LogP contribution in [0, 0.1) is 16.7 Å². The van der Waals surface area contributed by atoms with Gasteiger partial charge < -0.3 is 4.57 Å². The van der Waals surface area contributed by atoms with Crippen molar-refractivity contribution in [3.8, 4) is 6.07 Å². The number of hydrogen-bond acceptors (Lipinski definition) is 2. The van der Waals surface area contributed by atoms with E-state index in [4.69, 9.17) is 4.98 Å². The van der Waals surface area contributed by atoms with E-state index in [0.29, 0.717) is 12.5 Å². The number of halogens is 1.